The summed E-state index contributed by atoms with van der Waals surface area (Å²) < 4.78 is 11.2. The molecule has 0 bridgehead atoms. The van der Waals surface area contributed by atoms with Gasteiger partial charge in [0.25, 0.3) is 0 Å². The smallest absolute Gasteiger partial charge is 0.214 e. The number of nitrogens with one attached hydrogen (secondary N) is 1. The van der Waals surface area contributed by atoms with E-state index >= 15 is 0 Å². The summed E-state index contributed by atoms with van der Waals surface area (Å²) in [6.07, 6.45) is 2.09. The first-order valence-electron chi connectivity index (χ1n) is 3.28. The van der Waals surface area contributed by atoms with Crippen LogP contribution in [0.3, 0.4) is 0 Å². The van der Waals surface area contributed by atoms with Crippen LogP contribution in [0.15, 0.2) is 11.5 Å². The minimum atomic E-state index is -1.06. The van der Waals surface area contributed by atoms with Gasteiger partial charge in [-0.15, -0.1) is 0 Å². The SMILES string of the molecule is NCCCS(=O)c1ncn[nH]1. The van der Waals surface area contributed by atoms with Crippen molar-refractivity contribution in [3.05, 3.63) is 6.33 Å². The largest absolute Gasteiger partial charge is 0.330 e. The van der Waals surface area contributed by atoms with Crippen LogP contribution in [0, 0.1) is 0 Å². The Labute approximate surface area is 66.9 Å². The van der Waals surface area contributed by atoms with Crippen LogP contribution in [0.1, 0.15) is 6.42 Å². The molecular formula is C5H10N4OS. The molecule has 62 valence electrons. The van der Waals surface area contributed by atoms with Gasteiger partial charge in [0.05, 0.1) is 10.8 Å². The maximum atomic E-state index is 11.2. The van der Waals surface area contributed by atoms with E-state index in [2.05, 4.69) is 15.2 Å². The van der Waals surface area contributed by atoms with Gasteiger partial charge in [-0.3, -0.25) is 9.31 Å². The zero-order valence-corrected chi connectivity index (χ0v) is 6.80. The minimum absolute atomic E-state index is 0.429. The molecule has 0 saturated carbocycles. The molecule has 0 aromatic carbocycles. The Hall–Kier alpha value is -0.750. The molecule has 1 aromatic rings. The van der Waals surface area contributed by atoms with Crippen molar-refractivity contribution in [2.45, 2.75) is 11.6 Å². The quantitative estimate of drug-likeness (QED) is 0.629. The van der Waals surface area contributed by atoms with E-state index in [1.165, 1.54) is 6.33 Å². The number of hydrogen-bond acceptors (Lipinski definition) is 4. The van der Waals surface area contributed by atoms with Gasteiger partial charge >= 0.3 is 0 Å². The Kier molecular flexibility index (Phi) is 3.18. The van der Waals surface area contributed by atoms with Gasteiger partial charge in [0.2, 0.25) is 5.16 Å². The predicted molar refractivity (Wildman–Crippen MR) is 41.3 cm³/mol. The highest BCUT2D eigenvalue weighted by Gasteiger charge is 2.04. The highest BCUT2D eigenvalue weighted by molar-refractivity contribution is 7.84. The molecular weight excluding hydrogens is 164 g/mol. The molecule has 1 unspecified atom stereocenters. The summed E-state index contributed by atoms with van der Waals surface area (Å²) >= 11 is 0. The van der Waals surface area contributed by atoms with Gasteiger partial charge in [0, 0.05) is 5.75 Å². The van der Waals surface area contributed by atoms with E-state index in [4.69, 9.17) is 5.73 Å². The third kappa shape index (κ3) is 2.39. The summed E-state index contributed by atoms with van der Waals surface area (Å²) in [4.78, 5) is 3.76. The van der Waals surface area contributed by atoms with Gasteiger partial charge in [0.1, 0.15) is 6.33 Å². The van der Waals surface area contributed by atoms with Crippen molar-refractivity contribution < 1.29 is 4.21 Å². The molecule has 5 nitrogen and oxygen atoms in total. The first kappa shape index (κ1) is 8.35. The summed E-state index contributed by atoms with van der Waals surface area (Å²) in [6.45, 7) is 0.555. The summed E-state index contributed by atoms with van der Waals surface area (Å²) in [5.41, 5.74) is 5.25. The predicted octanol–water partition coefficient (Wildman–Crippen LogP) is -0.739. The van der Waals surface area contributed by atoms with E-state index < -0.39 is 10.8 Å². The fourth-order valence-electron chi connectivity index (χ4n) is 0.615. The Morgan fingerprint density at radius 2 is 2.55 bits per heavy atom. The van der Waals surface area contributed by atoms with Crippen LogP contribution in [-0.2, 0) is 10.8 Å². The third-order valence-electron chi connectivity index (χ3n) is 1.14. The molecule has 1 heterocycles. The number of H-pyrrole nitrogens is 1. The summed E-state index contributed by atoms with van der Waals surface area (Å²) in [5, 5.41) is 6.56. The van der Waals surface area contributed by atoms with Crippen LogP contribution in [-0.4, -0.2) is 31.7 Å². The van der Waals surface area contributed by atoms with Crippen molar-refractivity contribution >= 4 is 10.8 Å². The van der Waals surface area contributed by atoms with Gasteiger partial charge < -0.3 is 5.73 Å². The summed E-state index contributed by atoms with van der Waals surface area (Å²) in [6, 6.07) is 0. The molecule has 0 radical (unpaired) electrons. The zero-order chi connectivity index (χ0) is 8.10. The second-order valence-electron chi connectivity index (χ2n) is 1.98. The molecule has 0 saturated heterocycles. The molecule has 0 aliphatic carbocycles. The molecule has 0 aliphatic rings. The maximum absolute atomic E-state index is 11.2. The second kappa shape index (κ2) is 4.20. The van der Waals surface area contributed by atoms with Crippen LogP contribution in [0.4, 0.5) is 0 Å². The van der Waals surface area contributed by atoms with Crippen molar-refractivity contribution in [1.29, 1.82) is 0 Å². The lowest BCUT2D eigenvalue weighted by molar-refractivity contribution is 0.674. The monoisotopic (exact) mass is 174 g/mol. The van der Waals surface area contributed by atoms with E-state index in [1.807, 2.05) is 0 Å². The second-order valence-corrected chi connectivity index (χ2v) is 3.47. The Balaban J connectivity index is 2.43. The van der Waals surface area contributed by atoms with E-state index in [0.717, 1.165) is 6.42 Å². The van der Waals surface area contributed by atoms with Crippen LogP contribution in [0.5, 0.6) is 0 Å². The fraction of sp³-hybridized carbons (Fsp3) is 0.600. The van der Waals surface area contributed by atoms with Gasteiger partial charge in [0.15, 0.2) is 0 Å². The molecule has 1 aromatic heterocycles. The average Bonchev–Trinajstić information content (AvgIpc) is 2.52. The van der Waals surface area contributed by atoms with Gasteiger partial charge in [-0.2, -0.15) is 5.10 Å². The van der Waals surface area contributed by atoms with E-state index in [-0.39, 0.29) is 0 Å². The fourth-order valence-corrected chi connectivity index (χ4v) is 1.56. The van der Waals surface area contributed by atoms with Gasteiger partial charge in [-0.05, 0) is 13.0 Å². The highest BCUT2D eigenvalue weighted by atomic mass is 32.2. The van der Waals surface area contributed by atoms with Crippen molar-refractivity contribution in [3.8, 4) is 0 Å². The first-order chi connectivity index (χ1) is 5.34. The van der Waals surface area contributed by atoms with Gasteiger partial charge in [-0.25, -0.2) is 4.98 Å². The number of aromatic nitrogens is 3. The van der Waals surface area contributed by atoms with Crippen molar-refractivity contribution in [3.63, 3.8) is 0 Å². The molecule has 3 N–H and O–H groups in total. The lowest BCUT2D eigenvalue weighted by atomic mass is 10.5. The normalized spacial score (nSPS) is 13.2. The third-order valence-corrected chi connectivity index (χ3v) is 2.43. The summed E-state index contributed by atoms with van der Waals surface area (Å²) in [5.74, 6) is 0.547. The number of aromatic amines is 1. The molecule has 11 heavy (non-hydrogen) atoms. The highest BCUT2D eigenvalue weighted by Crippen LogP contribution is 1.96. The van der Waals surface area contributed by atoms with Crippen molar-refractivity contribution in [2.75, 3.05) is 12.3 Å². The lowest BCUT2D eigenvalue weighted by Crippen LogP contribution is -2.06. The minimum Gasteiger partial charge on any atom is -0.330 e. The molecule has 1 rings (SSSR count). The molecule has 0 amide bonds. The molecule has 0 aliphatic heterocycles. The average molecular weight is 174 g/mol. The topological polar surface area (TPSA) is 84.7 Å². The first-order valence-corrected chi connectivity index (χ1v) is 4.60. The Morgan fingerprint density at radius 3 is 3.09 bits per heavy atom. The van der Waals surface area contributed by atoms with Crippen LogP contribution in [0.25, 0.3) is 0 Å². The zero-order valence-electron chi connectivity index (χ0n) is 5.99. The van der Waals surface area contributed by atoms with Crippen molar-refractivity contribution in [2.24, 2.45) is 5.73 Å². The Bertz CT molecular complexity index is 222. The maximum Gasteiger partial charge on any atom is 0.214 e. The van der Waals surface area contributed by atoms with Crippen LogP contribution >= 0.6 is 0 Å². The molecule has 0 spiro atoms. The molecule has 1 atom stereocenters. The number of hydrogen-bond donors (Lipinski definition) is 2. The standard InChI is InChI=1S/C5H10N4OS/c6-2-1-3-11(10)5-7-4-8-9-5/h4H,1-3,6H2,(H,7,8,9). The Morgan fingerprint density at radius 1 is 1.73 bits per heavy atom. The number of nitrogens with two attached hydrogens (primary N) is 1. The lowest BCUT2D eigenvalue weighted by Gasteiger charge is -1.93. The molecule has 0 fully saturated rings. The van der Waals surface area contributed by atoms with E-state index in [9.17, 15) is 4.21 Å². The summed E-state index contributed by atoms with van der Waals surface area (Å²) in [7, 11) is -1.06. The van der Waals surface area contributed by atoms with Gasteiger partial charge in [-0.1, -0.05) is 0 Å². The van der Waals surface area contributed by atoms with Crippen molar-refractivity contribution in [1.82, 2.24) is 15.2 Å². The number of rotatable bonds is 4. The van der Waals surface area contributed by atoms with E-state index in [0.29, 0.717) is 17.5 Å². The van der Waals surface area contributed by atoms with Crippen LogP contribution < -0.4 is 5.73 Å². The molecule has 6 heteroatoms. The van der Waals surface area contributed by atoms with Crippen LogP contribution in [0.2, 0.25) is 0 Å². The van der Waals surface area contributed by atoms with E-state index in [1.54, 1.807) is 0 Å². The number of nitrogens with zero attached hydrogens (tertiary/aromatic N) is 2.